The molecule has 0 aliphatic rings. The molecular weight excluding hydrogens is 270 g/mol. The van der Waals surface area contributed by atoms with Gasteiger partial charge in [0.05, 0.1) is 11.8 Å². The van der Waals surface area contributed by atoms with E-state index >= 15 is 0 Å². The predicted octanol–water partition coefficient (Wildman–Crippen LogP) is 4.48. The lowest BCUT2D eigenvalue weighted by Gasteiger charge is -2.12. The Balaban J connectivity index is 2.07. The second-order valence-electron chi connectivity index (χ2n) is 4.91. The monoisotopic (exact) mass is 287 g/mol. The number of benzene rings is 2. The Kier molecular flexibility index (Phi) is 4.80. The van der Waals surface area contributed by atoms with Gasteiger partial charge in [-0.05, 0) is 31.0 Å². The van der Waals surface area contributed by atoms with E-state index in [1.54, 1.807) is 0 Å². The highest BCUT2D eigenvalue weighted by molar-refractivity contribution is 6.21. The summed E-state index contributed by atoms with van der Waals surface area (Å²) in [5.41, 5.74) is 3.92. The fourth-order valence-corrected chi connectivity index (χ4v) is 2.23. The number of alkyl halides is 1. The maximum Gasteiger partial charge on any atom is 0.228 e. The lowest BCUT2D eigenvalue weighted by atomic mass is 10.1. The van der Waals surface area contributed by atoms with Gasteiger partial charge in [-0.15, -0.1) is 11.6 Å². The minimum absolute atomic E-state index is 0.0291. The van der Waals surface area contributed by atoms with Gasteiger partial charge in [-0.3, -0.25) is 4.79 Å². The molecule has 0 bridgehead atoms. The molecule has 104 valence electrons. The molecule has 0 heterocycles. The number of carbonyl (C=O) groups is 1. The fraction of sp³-hybridized carbons (Fsp3) is 0.235. The number of halogens is 1. The van der Waals surface area contributed by atoms with E-state index in [2.05, 4.69) is 5.32 Å². The van der Waals surface area contributed by atoms with Crippen LogP contribution < -0.4 is 5.32 Å². The first-order chi connectivity index (χ1) is 9.56. The number of para-hydroxylation sites is 1. The first-order valence-electron chi connectivity index (χ1n) is 6.64. The zero-order valence-electron chi connectivity index (χ0n) is 11.7. The molecule has 1 amide bonds. The van der Waals surface area contributed by atoms with Crippen LogP contribution in [0.5, 0.6) is 0 Å². The second-order valence-corrected chi connectivity index (χ2v) is 5.57. The van der Waals surface area contributed by atoms with Crippen LogP contribution in [0.1, 0.15) is 29.0 Å². The highest BCUT2D eigenvalue weighted by Gasteiger charge is 2.10. The zero-order valence-corrected chi connectivity index (χ0v) is 12.4. The summed E-state index contributed by atoms with van der Waals surface area (Å²) in [5, 5.41) is 2.80. The molecule has 2 aromatic rings. The van der Waals surface area contributed by atoms with Crippen LogP contribution in [0.2, 0.25) is 0 Å². The smallest absolute Gasteiger partial charge is 0.228 e. The first kappa shape index (κ1) is 14.6. The lowest BCUT2D eigenvalue weighted by molar-refractivity contribution is -0.115. The van der Waals surface area contributed by atoms with E-state index in [1.807, 2.05) is 62.4 Å². The van der Waals surface area contributed by atoms with Gasteiger partial charge < -0.3 is 5.32 Å². The number of carbonyl (C=O) groups excluding carboxylic acids is 1. The van der Waals surface area contributed by atoms with E-state index in [1.165, 1.54) is 5.56 Å². The maximum atomic E-state index is 12.1. The number of hydrogen-bond donors (Lipinski definition) is 1. The SMILES string of the molecule is Cc1ccc(CC(=O)Nc2ccccc2C(C)Cl)cc1. The molecule has 2 rings (SSSR count). The maximum absolute atomic E-state index is 12.1. The predicted molar refractivity (Wildman–Crippen MR) is 84.2 cm³/mol. The summed E-state index contributed by atoms with van der Waals surface area (Å²) in [7, 11) is 0. The number of rotatable bonds is 4. The minimum Gasteiger partial charge on any atom is -0.325 e. The largest absolute Gasteiger partial charge is 0.325 e. The lowest BCUT2D eigenvalue weighted by Crippen LogP contribution is -2.15. The van der Waals surface area contributed by atoms with E-state index in [9.17, 15) is 4.79 Å². The summed E-state index contributed by atoms with van der Waals surface area (Å²) >= 11 is 6.12. The molecule has 0 saturated heterocycles. The normalized spacial score (nSPS) is 11.9. The third-order valence-electron chi connectivity index (χ3n) is 3.15. The van der Waals surface area contributed by atoms with Crippen molar-refractivity contribution in [3.05, 3.63) is 65.2 Å². The molecule has 0 aliphatic heterocycles. The Morgan fingerprint density at radius 3 is 2.45 bits per heavy atom. The van der Waals surface area contributed by atoms with Crippen molar-refractivity contribution in [3.63, 3.8) is 0 Å². The molecule has 0 saturated carbocycles. The quantitative estimate of drug-likeness (QED) is 0.826. The Morgan fingerprint density at radius 1 is 1.15 bits per heavy atom. The van der Waals surface area contributed by atoms with Crippen LogP contribution >= 0.6 is 11.6 Å². The van der Waals surface area contributed by atoms with Gasteiger partial charge in [-0.25, -0.2) is 0 Å². The third kappa shape index (κ3) is 3.84. The number of amides is 1. The molecule has 0 spiro atoms. The molecule has 1 unspecified atom stereocenters. The minimum atomic E-state index is -0.133. The Hall–Kier alpha value is -1.80. The average molecular weight is 288 g/mol. The molecule has 2 nitrogen and oxygen atoms in total. The molecular formula is C17H18ClNO. The van der Waals surface area contributed by atoms with E-state index in [4.69, 9.17) is 11.6 Å². The van der Waals surface area contributed by atoms with Crippen LogP contribution in [0.25, 0.3) is 0 Å². The summed E-state index contributed by atoms with van der Waals surface area (Å²) in [6.45, 7) is 3.93. The Labute approximate surface area is 124 Å². The van der Waals surface area contributed by atoms with Gasteiger partial charge in [-0.1, -0.05) is 48.0 Å². The van der Waals surface area contributed by atoms with E-state index in [0.717, 1.165) is 16.8 Å². The van der Waals surface area contributed by atoms with E-state index < -0.39 is 0 Å². The van der Waals surface area contributed by atoms with Crippen LogP contribution in [0.4, 0.5) is 5.69 Å². The number of hydrogen-bond acceptors (Lipinski definition) is 1. The number of aryl methyl sites for hydroxylation is 1. The molecule has 0 aromatic heterocycles. The molecule has 0 fully saturated rings. The van der Waals surface area contributed by atoms with Gasteiger partial charge in [0.2, 0.25) is 5.91 Å². The van der Waals surface area contributed by atoms with Crippen molar-refractivity contribution in [1.29, 1.82) is 0 Å². The summed E-state index contributed by atoms with van der Waals surface area (Å²) in [4.78, 5) is 12.1. The standard InChI is InChI=1S/C17H18ClNO/c1-12-7-9-14(10-8-12)11-17(20)19-16-6-4-3-5-15(16)13(2)18/h3-10,13H,11H2,1-2H3,(H,19,20). The van der Waals surface area contributed by atoms with Crippen LogP contribution in [0.15, 0.2) is 48.5 Å². The third-order valence-corrected chi connectivity index (χ3v) is 3.38. The Morgan fingerprint density at radius 2 is 1.80 bits per heavy atom. The summed E-state index contributed by atoms with van der Waals surface area (Å²) in [6, 6.07) is 15.6. The Bertz CT molecular complexity index is 590. The van der Waals surface area contributed by atoms with E-state index in [0.29, 0.717) is 6.42 Å². The van der Waals surface area contributed by atoms with Crippen molar-refractivity contribution in [1.82, 2.24) is 0 Å². The van der Waals surface area contributed by atoms with Gasteiger partial charge in [-0.2, -0.15) is 0 Å². The molecule has 2 aromatic carbocycles. The van der Waals surface area contributed by atoms with Crippen LogP contribution in [-0.2, 0) is 11.2 Å². The highest BCUT2D eigenvalue weighted by Crippen LogP contribution is 2.27. The van der Waals surface area contributed by atoms with Gasteiger partial charge in [0.15, 0.2) is 0 Å². The second kappa shape index (κ2) is 6.58. The van der Waals surface area contributed by atoms with Gasteiger partial charge in [0, 0.05) is 5.69 Å². The van der Waals surface area contributed by atoms with Gasteiger partial charge in [0.1, 0.15) is 0 Å². The molecule has 0 radical (unpaired) electrons. The van der Waals surface area contributed by atoms with Crippen LogP contribution in [0.3, 0.4) is 0 Å². The van der Waals surface area contributed by atoms with Gasteiger partial charge in [0.25, 0.3) is 0 Å². The molecule has 3 heteroatoms. The molecule has 0 aliphatic carbocycles. The topological polar surface area (TPSA) is 29.1 Å². The van der Waals surface area contributed by atoms with Crippen molar-refractivity contribution < 1.29 is 4.79 Å². The zero-order chi connectivity index (χ0) is 14.5. The first-order valence-corrected chi connectivity index (χ1v) is 7.08. The van der Waals surface area contributed by atoms with Crippen molar-refractivity contribution in [3.8, 4) is 0 Å². The van der Waals surface area contributed by atoms with E-state index in [-0.39, 0.29) is 11.3 Å². The van der Waals surface area contributed by atoms with Crippen molar-refractivity contribution in [2.45, 2.75) is 25.6 Å². The number of anilines is 1. The van der Waals surface area contributed by atoms with Crippen molar-refractivity contribution in [2.75, 3.05) is 5.32 Å². The van der Waals surface area contributed by atoms with Gasteiger partial charge >= 0.3 is 0 Å². The van der Waals surface area contributed by atoms with Crippen LogP contribution in [0, 0.1) is 6.92 Å². The fourth-order valence-electron chi connectivity index (χ4n) is 2.04. The molecule has 1 N–H and O–H groups in total. The summed E-state index contributed by atoms with van der Waals surface area (Å²) in [5.74, 6) is -0.0291. The van der Waals surface area contributed by atoms with Crippen molar-refractivity contribution >= 4 is 23.2 Å². The summed E-state index contributed by atoms with van der Waals surface area (Å²) in [6.07, 6.45) is 0.366. The summed E-state index contributed by atoms with van der Waals surface area (Å²) < 4.78 is 0. The highest BCUT2D eigenvalue weighted by atomic mass is 35.5. The molecule has 1 atom stereocenters. The van der Waals surface area contributed by atoms with Crippen molar-refractivity contribution in [2.24, 2.45) is 0 Å². The number of nitrogens with one attached hydrogen (secondary N) is 1. The van der Waals surface area contributed by atoms with Crippen LogP contribution in [-0.4, -0.2) is 5.91 Å². The average Bonchev–Trinajstić information content (AvgIpc) is 2.41. The molecule has 20 heavy (non-hydrogen) atoms.